The third-order valence-corrected chi connectivity index (χ3v) is 5.17. The molecule has 1 saturated heterocycles. The quantitative estimate of drug-likeness (QED) is 0.710. The zero-order valence-corrected chi connectivity index (χ0v) is 19.2. The molecule has 2 rings (SSSR count). The van der Waals surface area contributed by atoms with E-state index in [1.807, 2.05) is 37.8 Å². The van der Waals surface area contributed by atoms with Crippen LogP contribution in [0.1, 0.15) is 51.7 Å². The molecule has 0 aromatic heterocycles. The van der Waals surface area contributed by atoms with Crippen LogP contribution in [0.25, 0.3) is 0 Å². The van der Waals surface area contributed by atoms with Crippen molar-refractivity contribution in [1.82, 2.24) is 20.4 Å². The second kappa shape index (κ2) is 11.2. The minimum Gasteiger partial charge on any atom is -0.444 e. The van der Waals surface area contributed by atoms with Crippen LogP contribution in [0.15, 0.2) is 24.3 Å². The number of amides is 3. The number of rotatable bonds is 7. The number of urea groups is 1. The van der Waals surface area contributed by atoms with Crippen molar-refractivity contribution < 1.29 is 14.3 Å². The lowest BCUT2D eigenvalue weighted by molar-refractivity contribution is 0.0511. The van der Waals surface area contributed by atoms with E-state index in [9.17, 15) is 9.59 Å². The molecular weight excluding hydrogens is 380 g/mol. The number of hydrogen-bond donors (Lipinski definition) is 2. The van der Waals surface area contributed by atoms with Gasteiger partial charge < -0.3 is 25.2 Å². The normalized spacial score (nSPS) is 17.0. The average Bonchev–Trinajstić information content (AvgIpc) is 2.69. The van der Waals surface area contributed by atoms with Gasteiger partial charge in [-0.15, -0.1) is 0 Å². The lowest BCUT2D eigenvalue weighted by Crippen LogP contribution is -2.47. The summed E-state index contributed by atoms with van der Waals surface area (Å²) in [6.07, 6.45) is 1.53. The maximum atomic E-state index is 12.6. The van der Waals surface area contributed by atoms with E-state index < -0.39 is 11.7 Å². The van der Waals surface area contributed by atoms with Crippen molar-refractivity contribution in [3.05, 3.63) is 35.4 Å². The number of benzene rings is 1. The molecule has 1 atom stereocenters. The number of likely N-dealkylation sites (tertiary alicyclic amines) is 1. The Hall–Kier alpha value is -2.28. The van der Waals surface area contributed by atoms with Gasteiger partial charge in [0.05, 0.1) is 0 Å². The predicted octanol–water partition coefficient (Wildman–Crippen LogP) is 3.58. The maximum absolute atomic E-state index is 12.6. The first-order valence-corrected chi connectivity index (χ1v) is 10.9. The molecule has 0 spiro atoms. The summed E-state index contributed by atoms with van der Waals surface area (Å²) in [6, 6.07) is 8.30. The van der Waals surface area contributed by atoms with Crippen LogP contribution in [0.2, 0.25) is 0 Å². The van der Waals surface area contributed by atoms with E-state index in [0.29, 0.717) is 19.6 Å². The minimum atomic E-state index is -0.508. The molecular formula is C23H38N4O3. The SMILES string of the molecule is CCN(C)Cc1cccc(CNC(=O)N2CCCC(CNC(=O)OC(C)(C)C)C2)c1. The third kappa shape index (κ3) is 8.61. The summed E-state index contributed by atoms with van der Waals surface area (Å²) < 4.78 is 5.29. The molecule has 30 heavy (non-hydrogen) atoms. The molecule has 3 amide bonds. The number of hydrogen-bond acceptors (Lipinski definition) is 4. The van der Waals surface area contributed by atoms with Crippen LogP contribution in [0.5, 0.6) is 0 Å². The summed E-state index contributed by atoms with van der Waals surface area (Å²) in [5, 5.41) is 5.87. The van der Waals surface area contributed by atoms with E-state index in [-0.39, 0.29) is 11.9 Å². The Morgan fingerprint density at radius 2 is 1.97 bits per heavy atom. The molecule has 1 fully saturated rings. The minimum absolute atomic E-state index is 0.0481. The summed E-state index contributed by atoms with van der Waals surface area (Å²) >= 11 is 0. The number of piperidine rings is 1. The molecule has 0 saturated carbocycles. The van der Waals surface area contributed by atoms with Crippen LogP contribution in [-0.2, 0) is 17.8 Å². The zero-order valence-electron chi connectivity index (χ0n) is 19.2. The van der Waals surface area contributed by atoms with Gasteiger partial charge in [0, 0.05) is 32.7 Å². The Labute approximate surface area is 181 Å². The van der Waals surface area contributed by atoms with Gasteiger partial charge in [-0.05, 0) is 64.3 Å². The van der Waals surface area contributed by atoms with Crippen molar-refractivity contribution in [1.29, 1.82) is 0 Å². The molecule has 0 radical (unpaired) electrons. The highest BCUT2D eigenvalue weighted by Gasteiger charge is 2.24. The molecule has 7 heteroatoms. The number of nitrogens with zero attached hydrogens (tertiary/aromatic N) is 2. The second-order valence-electron chi connectivity index (χ2n) is 9.15. The first-order chi connectivity index (χ1) is 14.2. The summed E-state index contributed by atoms with van der Waals surface area (Å²) in [4.78, 5) is 28.6. The smallest absolute Gasteiger partial charge is 0.407 e. The van der Waals surface area contributed by atoms with Crippen LogP contribution < -0.4 is 10.6 Å². The summed E-state index contributed by atoms with van der Waals surface area (Å²) in [5.41, 5.74) is 1.84. The van der Waals surface area contributed by atoms with Crippen LogP contribution in [0.4, 0.5) is 9.59 Å². The summed E-state index contributed by atoms with van der Waals surface area (Å²) in [5.74, 6) is 0.241. The molecule has 1 heterocycles. The van der Waals surface area contributed by atoms with Crippen LogP contribution in [-0.4, -0.2) is 60.8 Å². The molecule has 0 bridgehead atoms. The standard InChI is InChI=1S/C23H38N4O3/c1-6-26(5)16-19-10-7-9-18(13-19)14-24-21(28)27-12-8-11-20(17-27)15-25-22(29)30-23(2,3)4/h7,9-10,13,20H,6,8,11-12,14-17H2,1-5H3,(H,24,28)(H,25,29). The van der Waals surface area contributed by atoms with Crippen molar-refractivity contribution in [3.63, 3.8) is 0 Å². The van der Waals surface area contributed by atoms with Crippen molar-refractivity contribution in [3.8, 4) is 0 Å². The second-order valence-corrected chi connectivity index (χ2v) is 9.15. The van der Waals surface area contributed by atoms with Crippen molar-refractivity contribution in [2.75, 3.05) is 33.2 Å². The monoisotopic (exact) mass is 418 g/mol. The number of alkyl carbamates (subject to hydrolysis) is 1. The Morgan fingerprint density at radius 3 is 2.67 bits per heavy atom. The first-order valence-electron chi connectivity index (χ1n) is 10.9. The highest BCUT2D eigenvalue weighted by Crippen LogP contribution is 2.16. The van der Waals surface area contributed by atoms with E-state index in [2.05, 4.69) is 41.6 Å². The Bertz CT molecular complexity index is 702. The highest BCUT2D eigenvalue weighted by atomic mass is 16.6. The van der Waals surface area contributed by atoms with Gasteiger partial charge >= 0.3 is 12.1 Å². The number of ether oxygens (including phenoxy) is 1. The summed E-state index contributed by atoms with van der Waals surface area (Å²) in [7, 11) is 2.10. The molecule has 168 valence electrons. The molecule has 1 aliphatic heterocycles. The van der Waals surface area contributed by atoms with Gasteiger partial charge in [0.2, 0.25) is 0 Å². The van der Waals surface area contributed by atoms with Gasteiger partial charge in [-0.1, -0.05) is 31.2 Å². The molecule has 1 aromatic rings. The Morgan fingerprint density at radius 1 is 1.23 bits per heavy atom. The van der Waals surface area contributed by atoms with Crippen molar-refractivity contribution >= 4 is 12.1 Å². The van der Waals surface area contributed by atoms with Crippen molar-refractivity contribution in [2.24, 2.45) is 5.92 Å². The molecule has 7 nitrogen and oxygen atoms in total. The van der Waals surface area contributed by atoms with Gasteiger partial charge in [-0.2, -0.15) is 0 Å². The van der Waals surface area contributed by atoms with E-state index >= 15 is 0 Å². The fourth-order valence-electron chi connectivity index (χ4n) is 3.51. The Balaban J connectivity index is 1.79. The number of carbonyl (C=O) groups excluding carboxylic acids is 2. The average molecular weight is 419 g/mol. The zero-order chi connectivity index (χ0) is 22.1. The highest BCUT2D eigenvalue weighted by molar-refractivity contribution is 5.74. The molecule has 2 N–H and O–H groups in total. The van der Waals surface area contributed by atoms with Crippen LogP contribution in [0, 0.1) is 5.92 Å². The fourth-order valence-corrected chi connectivity index (χ4v) is 3.51. The van der Waals surface area contributed by atoms with Gasteiger partial charge in [0.25, 0.3) is 0 Å². The van der Waals surface area contributed by atoms with Gasteiger partial charge in [0.1, 0.15) is 5.60 Å². The topological polar surface area (TPSA) is 73.9 Å². The summed E-state index contributed by atoms with van der Waals surface area (Å²) in [6.45, 7) is 12.0. The van der Waals surface area contributed by atoms with Crippen molar-refractivity contribution in [2.45, 2.75) is 59.2 Å². The maximum Gasteiger partial charge on any atom is 0.407 e. The number of nitrogens with one attached hydrogen (secondary N) is 2. The van der Waals surface area contributed by atoms with Crippen LogP contribution >= 0.6 is 0 Å². The number of carbonyl (C=O) groups is 2. The molecule has 1 unspecified atom stereocenters. The molecule has 1 aromatic carbocycles. The lowest BCUT2D eigenvalue weighted by atomic mass is 9.98. The third-order valence-electron chi connectivity index (χ3n) is 5.17. The lowest BCUT2D eigenvalue weighted by Gasteiger charge is -2.33. The van der Waals surface area contributed by atoms with E-state index in [1.165, 1.54) is 5.56 Å². The van der Waals surface area contributed by atoms with Gasteiger partial charge in [-0.25, -0.2) is 9.59 Å². The van der Waals surface area contributed by atoms with E-state index in [4.69, 9.17) is 4.74 Å². The van der Waals surface area contributed by atoms with E-state index in [1.54, 1.807) is 0 Å². The van der Waals surface area contributed by atoms with E-state index in [0.717, 1.165) is 38.0 Å². The van der Waals surface area contributed by atoms with Gasteiger partial charge in [0.15, 0.2) is 0 Å². The molecule has 0 aliphatic carbocycles. The van der Waals surface area contributed by atoms with Gasteiger partial charge in [-0.3, -0.25) is 0 Å². The van der Waals surface area contributed by atoms with Crippen LogP contribution in [0.3, 0.4) is 0 Å². The molecule has 1 aliphatic rings. The first kappa shape index (κ1) is 24.0. The largest absolute Gasteiger partial charge is 0.444 e. The predicted molar refractivity (Wildman–Crippen MR) is 119 cm³/mol. The Kier molecular flexibility index (Phi) is 8.96. The fraction of sp³-hybridized carbons (Fsp3) is 0.652.